The minimum absolute atomic E-state index is 0.244. The van der Waals surface area contributed by atoms with Crippen molar-refractivity contribution in [3.8, 4) is 0 Å². The van der Waals surface area contributed by atoms with Crippen molar-refractivity contribution in [2.45, 2.75) is 45.4 Å². The Morgan fingerprint density at radius 1 is 1.06 bits per heavy atom. The zero-order valence-corrected chi connectivity index (χ0v) is 10.7. The minimum atomic E-state index is 0.244. The Bertz CT molecular complexity index is 351. The van der Waals surface area contributed by atoms with Crippen molar-refractivity contribution < 1.29 is 4.79 Å². The number of benzene rings is 1. The highest BCUT2D eigenvalue weighted by atomic mass is 16.1. The fraction of sp³-hybridized carbons (Fsp3) is 0.438. The molecule has 1 nitrogen and oxygen atoms in total. The Morgan fingerprint density at radius 3 is 2.35 bits per heavy atom. The molecule has 1 heteroatoms. The number of unbranched alkanes of at least 4 members (excludes halogenated alkanes) is 1. The molecule has 0 unspecified atom stereocenters. The smallest absolute Gasteiger partial charge is 0.162 e. The molecule has 0 atom stereocenters. The average Bonchev–Trinajstić information content (AvgIpc) is 2.37. The van der Waals surface area contributed by atoms with Crippen LogP contribution in [0.3, 0.4) is 0 Å². The number of ketones is 1. The maximum absolute atomic E-state index is 11.8. The maximum atomic E-state index is 11.8. The van der Waals surface area contributed by atoms with Crippen LogP contribution in [-0.4, -0.2) is 5.78 Å². The number of hydrogen-bond donors (Lipinski definition) is 0. The number of Topliss-reactive ketones (excluding diaryl/α,β-unsaturated/α-hetero) is 1. The Kier molecular flexibility index (Phi) is 6.31. The van der Waals surface area contributed by atoms with Gasteiger partial charge in [-0.1, -0.05) is 55.8 Å². The molecule has 1 aromatic carbocycles. The van der Waals surface area contributed by atoms with E-state index in [0.29, 0.717) is 6.42 Å². The standard InChI is InChI=1S/C16H22O/c1-3-4-9-14(2)10-8-13-16(17)15-11-6-5-7-12-15/h5-7,11-12H,2-4,8-10,13H2,1H3. The quantitative estimate of drug-likeness (QED) is 0.463. The topological polar surface area (TPSA) is 17.1 Å². The second kappa shape index (κ2) is 7.83. The highest BCUT2D eigenvalue weighted by Crippen LogP contribution is 2.14. The number of carbonyl (C=O) groups is 1. The van der Waals surface area contributed by atoms with E-state index in [-0.39, 0.29) is 5.78 Å². The Morgan fingerprint density at radius 2 is 1.71 bits per heavy atom. The van der Waals surface area contributed by atoms with Gasteiger partial charge in [-0.3, -0.25) is 4.79 Å². The van der Waals surface area contributed by atoms with E-state index in [1.54, 1.807) is 0 Å². The van der Waals surface area contributed by atoms with Gasteiger partial charge in [0, 0.05) is 12.0 Å². The number of hydrogen-bond acceptors (Lipinski definition) is 1. The molecule has 0 saturated heterocycles. The molecule has 92 valence electrons. The summed E-state index contributed by atoms with van der Waals surface area (Å²) < 4.78 is 0. The molecule has 0 spiro atoms. The highest BCUT2D eigenvalue weighted by Gasteiger charge is 2.04. The van der Waals surface area contributed by atoms with E-state index in [4.69, 9.17) is 0 Å². The average molecular weight is 230 g/mol. The van der Waals surface area contributed by atoms with E-state index >= 15 is 0 Å². The summed E-state index contributed by atoms with van der Waals surface area (Å²) in [5, 5.41) is 0. The lowest BCUT2D eigenvalue weighted by Gasteiger charge is -2.04. The second-order valence-corrected chi connectivity index (χ2v) is 4.50. The van der Waals surface area contributed by atoms with E-state index in [9.17, 15) is 4.79 Å². The van der Waals surface area contributed by atoms with Crippen LogP contribution in [0.1, 0.15) is 55.8 Å². The van der Waals surface area contributed by atoms with Crippen LogP contribution in [0.2, 0.25) is 0 Å². The van der Waals surface area contributed by atoms with Crippen LogP contribution >= 0.6 is 0 Å². The van der Waals surface area contributed by atoms with E-state index in [1.807, 2.05) is 30.3 Å². The van der Waals surface area contributed by atoms with Crippen molar-refractivity contribution >= 4 is 5.78 Å². The largest absolute Gasteiger partial charge is 0.294 e. The summed E-state index contributed by atoms with van der Waals surface area (Å²) in [6.45, 7) is 6.24. The van der Waals surface area contributed by atoms with Gasteiger partial charge in [-0.2, -0.15) is 0 Å². The summed E-state index contributed by atoms with van der Waals surface area (Å²) in [7, 11) is 0. The third kappa shape index (κ3) is 5.48. The van der Waals surface area contributed by atoms with Crippen molar-refractivity contribution in [2.24, 2.45) is 0 Å². The second-order valence-electron chi connectivity index (χ2n) is 4.50. The van der Waals surface area contributed by atoms with Gasteiger partial charge in [-0.25, -0.2) is 0 Å². The van der Waals surface area contributed by atoms with Crippen LogP contribution in [0.4, 0.5) is 0 Å². The molecule has 0 amide bonds. The van der Waals surface area contributed by atoms with Gasteiger partial charge in [-0.05, 0) is 25.7 Å². The molecule has 0 aliphatic carbocycles. The van der Waals surface area contributed by atoms with Gasteiger partial charge < -0.3 is 0 Å². The summed E-state index contributed by atoms with van der Waals surface area (Å²) in [6, 6.07) is 9.52. The SMILES string of the molecule is C=C(CCCC)CCCC(=O)c1ccccc1. The molecule has 1 rings (SSSR count). The van der Waals surface area contributed by atoms with Crippen molar-refractivity contribution in [2.75, 3.05) is 0 Å². The lowest BCUT2D eigenvalue weighted by molar-refractivity contribution is 0.0980. The molecule has 0 heterocycles. The van der Waals surface area contributed by atoms with Crippen LogP contribution in [0.25, 0.3) is 0 Å². The number of carbonyl (C=O) groups excluding carboxylic acids is 1. The van der Waals surface area contributed by atoms with Crippen molar-refractivity contribution in [3.63, 3.8) is 0 Å². The van der Waals surface area contributed by atoms with Crippen LogP contribution in [0.15, 0.2) is 42.5 Å². The Labute approximate surface area is 105 Å². The third-order valence-corrected chi connectivity index (χ3v) is 2.91. The molecule has 0 N–H and O–H groups in total. The molecule has 0 bridgehead atoms. The summed E-state index contributed by atoms with van der Waals surface area (Å²) >= 11 is 0. The zero-order valence-electron chi connectivity index (χ0n) is 10.7. The molecule has 0 aromatic heterocycles. The number of allylic oxidation sites excluding steroid dienone is 1. The van der Waals surface area contributed by atoms with E-state index in [1.165, 1.54) is 18.4 Å². The summed E-state index contributed by atoms with van der Waals surface area (Å²) in [6.07, 6.45) is 6.08. The molecule has 0 aliphatic heterocycles. The monoisotopic (exact) mass is 230 g/mol. The maximum Gasteiger partial charge on any atom is 0.162 e. The third-order valence-electron chi connectivity index (χ3n) is 2.91. The molecule has 0 saturated carbocycles. The van der Waals surface area contributed by atoms with Gasteiger partial charge in [-0.15, -0.1) is 0 Å². The zero-order chi connectivity index (χ0) is 12.5. The Hall–Kier alpha value is -1.37. The molecule has 0 aliphatic rings. The van der Waals surface area contributed by atoms with E-state index in [2.05, 4.69) is 13.5 Å². The van der Waals surface area contributed by atoms with E-state index < -0.39 is 0 Å². The van der Waals surface area contributed by atoms with Crippen molar-refractivity contribution in [1.82, 2.24) is 0 Å². The first-order chi connectivity index (χ1) is 8.24. The molecule has 17 heavy (non-hydrogen) atoms. The van der Waals surface area contributed by atoms with Gasteiger partial charge >= 0.3 is 0 Å². The predicted octanol–water partition coefficient (Wildman–Crippen LogP) is 4.79. The number of rotatable bonds is 8. The van der Waals surface area contributed by atoms with Gasteiger partial charge in [0.25, 0.3) is 0 Å². The lowest BCUT2D eigenvalue weighted by Crippen LogP contribution is -1.98. The first-order valence-electron chi connectivity index (χ1n) is 6.49. The van der Waals surface area contributed by atoms with Gasteiger partial charge in [0.15, 0.2) is 5.78 Å². The molecule has 0 fully saturated rings. The molecule has 0 radical (unpaired) electrons. The van der Waals surface area contributed by atoms with Gasteiger partial charge in [0.05, 0.1) is 0 Å². The summed E-state index contributed by atoms with van der Waals surface area (Å²) in [5.74, 6) is 0.244. The van der Waals surface area contributed by atoms with Crippen LogP contribution in [0, 0.1) is 0 Å². The van der Waals surface area contributed by atoms with Crippen LogP contribution in [-0.2, 0) is 0 Å². The van der Waals surface area contributed by atoms with Gasteiger partial charge in [0.2, 0.25) is 0 Å². The molecular weight excluding hydrogens is 208 g/mol. The van der Waals surface area contributed by atoms with Gasteiger partial charge in [0.1, 0.15) is 0 Å². The summed E-state index contributed by atoms with van der Waals surface area (Å²) in [5.41, 5.74) is 2.11. The molecule has 1 aromatic rings. The molecular formula is C16H22O. The highest BCUT2D eigenvalue weighted by molar-refractivity contribution is 5.95. The minimum Gasteiger partial charge on any atom is -0.294 e. The lowest BCUT2D eigenvalue weighted by atomic mass is 10.0. The van der Waals surface area contributed by atoms with Crippen molar-refractivity contribution in [3.05, 3.63) is 48.0 Å². The van der Waals surface area contributed by atoms with Crippen LogP contribution < -0.4 is 0 Å². The first-order valence-corrected chi connectivity index (χ1v) is 6.49. The fourth-order valence-electron chi connectivity index (χ4n) is 1.82. The predicted molar refractivity (Wildman–Crippen MR) is 73.3 cm³/mol. The summed E-state index contributed by atoms with van der Waals surface area (Å²) in [4.78, 5) is 11.8. The van der Waals surface area contributed by atoms with Crippen LogP contribution in [0.5, 0.6) is 0 Å². The normalized spacial score (nSPS) is 10.2. The Balaban J connectivity index is 2.23. The van der Waals surface area contributed by atoms with Crippen molar-refractivity contribution in [1.29, 1.82) is 0 Å². The first kappa shape index (κ1) is 13.7. The fourth-order valence-corrected chi connectivity index (χ4v) is 1.82. The van der Waals surface area contributed by atoms with E-state index in [0.717, 1.165) is 24.8 Å².